The lowest BCUT2D eigenvalue weighted by Crippen LogP contribution is -2.49. The molecule has 0 radical (unpaired) electrons. The molecule has 5 nitrogen and oxygen atoms in total. The monoisotopic (exact) mass is 455 g/mol. The van der Waals surface area contributed by atoms with Crippen LogP contribution in [0.4, 0.5) is 0 Å². The number of amides is 2. The molecule has 1 heterocycles. The molecule has 2 aromatic rings. The van der Waals surface area contributed by atoms with Crippen LogP contribution in [0.15, 0.2) is 48.5 Å². The third-order valence-corrected chi connectivity index (χ3v) is 6.46. The van der Waals surface area contributed by atoms with Crippen LogP contribution in [0.3, 0.4) is 0 Å². The number of halogens is 1. The number of hydrogen-bond donors (Lipinski definition) is 2. The van der Waals surface area contributed by atoms with E-state index in [2.05, 4.69) is 46.7 Å². The zero-order valence-electron chi connectivity index (χ0n) is 19.2. The van der Waals surface area contributed by atoms with E-state index in [9.17, 15) is 9.59 Å². The summed E-state index contributed by atoms with van der Waals surface area (Å²) < 4.78 is 0. The Balaban J connectivity index is 1.52. The molecule has 1 unspecified atom stereocenters. The molecule has 2 N–H and O–H groups in total. The predicted octanol–water partition coefficient (Wildman–Crippen LogP) is 4.64. The van der Waals surface area contributed by atoms with Gasteiger partial charge in [0.15, 0.2) is 0 Å². The van der Waals surface area contributed by atoms with Gasteiger partial charge >= 0.3 is 0 Å². The van der Waals surface area contributed by atoms with E-state index < -0.39 is 6.04 Å². The fourth-order valence-electron chi connectivity index (χ4n) is 3.94. The fraction of sp³-hybridized carbons (Fsp3) is 0.462. The molecule has 0 aromatic heterocycles. The molecule has 1 aliphatic rings. The first kappa shape index (κ1) is 24.3. The molecule has 1 aliphatic heterocycles. The quantitative estimate of drug-likeness (QED) is 0.609. The third kappa shape index (κ3) is 6.81. The van der Waals surface area contributed by atoms with Crippen LogP contribution in [0.1, 0.15) is 55.1 Å². The molecular formula is C26H34ClN3O2. The lowest BCUT2D eigenvalue weighted by atomic mass is 9.99. The van der Waals surface area contributed by atoms with Crippen molar-refractivity contribution in [2.75, 3.05) is 13.1 Å². The third-order valence-electron chi connectivity index (χ3n) is 6.13. The van der Waals surface area contributed by atoms with Crippen molar-refractivity contribution >= 4 is 23.4 Å². The van der Waals surface area contributed by atoms with Gasteiger partial charge in [0.25, 0.3) is 5.91 Å². The second kappa shape index (κ2) is 11.5. The van der Waals surface area contributed by atoms with Gasteiger partial charge in [-0.1, -0.05) is 68.8 Å². The SMILES string of the molecule is CC1CCN(Cc2ccc(CNC(=O)C(NC(=O)c3ccccc3Cl)C(C)C)cc2)CC1. The second-order valence-corrected chi connectivity index (χ2v) is 9.58. The maximum Gasteiger partial charge on any atom is 0.253 e. The number of nitrogens with one attached hydrogen (secondary N) is 2. The molecule has 3 rings (SSSR count). The van der Waals surface area contributed by atoms with Crippen molar-refractivity contribution in [2.24, 2.45) is 11.8 Å². The highest BCUT2D eigenvalue weighted by Gasteiger charge is 2.25. The molecule has 0 spiro atoms. The van der Waals surface area contributed by atoms with Crippen molar-refractivity contribution in [3.63, 3.8) is 0 Å². The van der Waals surface area contributed by atoms with Crippen LogP contribution in [0.5, 0.6) is 0 Å². The van der Waals surface area contributed by atoms with Crippen LogP contribution < -0.4 is 10.6 Å². The van der Waals surface area contributed by atoms with Gasteiger partial charge in [0.05, 0.1) is 10.6 Å². The molecule has 2 aromatic carbocycles. The maximum absolute atomic E-state index is 12.8. The Morgan fingerprint density at radius 3 is 2.28 bits per heavy atom. The first-order valence-electron chi connectivity index (χ1n) is 11.5. The summed E-state index contributed by atoms with van der Waals surface area (Å²) >= 11 is 6.12. The van der Waals surface area contributed by atoms with Crippen molar-refractivity contribution < 1.29 is 9.59 Å². The summed E-state index contributed by atoms with van der Waals surface area (Å²) in [6.45, 7) is 9.87. The zero-order chi connectivity index (χ0) is 23.1. The van der Waals surface area contributed by atoms with Crippen molar-refractivity contribution in [3.05, 3.63) is 70.2 Å². The van der Waals surface area contributed by atoms with Gasteiger partial charge in [0.1, 0.15) is 6.04 Å². The molecule has 6 heteroatoms. The summed E-state index contributed by atoms with van der Waals surface area (Å²) in [6.07, 6.45) is 2.54. The van der Waals surface area contributed by atoms with E-state index in [0.717, 1.165) is 31.1 Å². The molecule has 1 saturated heterocycles. The first-order valence-corrected chi connectivity index (χ1v) is 11.8. The average molecular weight is 456 g/mol. The Morgan fingerprint density at radius 2 is 1.66 bits per heavy atom. The van der Waals surface area contributed by atoms with E-state index in [4.69, 9.17) is 11.6 Å². The number of benzene rings is 2. The summed E-state index contributed by atoms with van der Waals surface area (Å²) in [6, 6.07) is 14.6. The summed E-state index contributed by atoms with van der Waals surface area (Å²) in [5.74, 6) is 0.227. The Kier molecular flexibility index (Phi) is 8.71. The Labute approximate surface area is 196 Å². The average Bonchev–Trinajstić information content (AvgIpc) is 2.78. The normalized spacial score (nSPS) is 16.0. The molecule has 1 atom stereocenters. The number of likely N-dealkylation sites (tertiary alicyclic amines) is 1. The zero-order valence-corrected chi connectivity index (χ0v) is 20.0. The van der Waals surface area contributed by atoms with Gasteiger partial charge in [-0.15, -0.1) is 0 Å². The minimum atomic E-state index is -0.639. The summed E-state index contributed by atoms with van der Waals surface area (Å²) in [7, 11) is 0. The molecule has 2 amide bonds. The van der Waals surface area contributed by atoms with Crippen molar-refractivity contribution in [1.29, 1.82) is 0 Å². The fourth-order valence-corrected chi connectivity index (χ4v) is 4.16. The van der Waals surface area contributed by atoms with Crippen LogP contribution in [0.25, 0.3) is 0 Å². The Hall–Kier alpha value is -2.37. The highest BCUT2D eigenvalue weighted by molar-refractivity contribution is 6.33. The summed E-state index contributed by atoms with van der Waals surface area (Å²) in [5, 5.41) is 6.15. The number of hydrogen-bond acceptors (Lipinski definition) is 3. The van der Waals surface area contributed by atoms with Crippen LogP contribution in [-0.4, -0.2) is 35.8 Å². The van der Waals surface area contributed by atoms with E-state index in [1.54, 1.807) is 24.3 Å². The lowest BCUT2D eigenvalue weighted by Gasteiger charge is -2.30. The van der Waals surface area contributed by atoms with Gasteiger partial charge in [0, 0.05) is 13.1 Å². The maximum atomic E-state index is 12.8. The van der Waals surface area contributed by atoms with Crippen molar-refractivity contribution in [2.45, 2.75) is 52.7 Å². The van der Waals surface area contributed by atoms with E-state index in [-0.39, 0.29) is 17.7 Å². The van der Waals surface area contributed by atoms with Gasteiger partial charge in [-0.05, 0) is 61.0 Å². The molecule has 0 bridgehead atoms. The molecule has 172 valence electrons. The van der Waals surface area contributed by atoms with Gasteiger partial charge in [-0.3, -0.25) is 14.5 Å². The molecule has 1 fully saturated rings. The van der Waals surface area contributed by atoms with Gasteiger partial charge in [0.2, 0.25) is 5.91 Å². The molecule has 32 heavy (non-hydrogen) atoms. The van der Waals surface area contributed by atoms with E-state index in [1.165, 1.54) is 18.4 Å². The van der Waals surface area contributed by atoms with Crippen LogP contribution in [-0.2, 0) is 17.9 Å². The van der Waals surface area contributed by atoms with Crippen LogP contribution in [0.2, 0.25) is 5.02 Å². The molecular weight excluding hydrogens is 422 g/mol. The Morgan fingerprint density at radius 1 is 1.03 bits per heavy atom. The summed E-state index contributed by atoms with van der Waals surface area (Å²) in [4.78, 5) is 27.9. The van der Waals surface area contributed by atoms with E-state index in [0.29, 0.717) is 17.1 Å². The molecule has 0 saturated carbocycles. The summed E-state index contributed by atoms with van der Waals surface area (Å²) in [5.41, 5.74) is 2.70. The smallest absolute Gasteiger partial charge is 0.253 e. The number of piperidine rings is 1. The Bertz CT molecular complexity index is 906. The topological polar surface area (TPSA) is 61.4 Å². The van der Waals surface area contributed by atoms with Crippen LogP contribution >= 0.6 is 11.6 Å². The number of rotatable bonds is 8. The van der Waals surface area contributed by atoms with Crippen molar-refractivity contribution in [1.82, 2.24) is 15.5 Å². The predicted molar refractivity (Wildman–Crippen MR) is 130 cm³/mol. The van der Waals surface area contributed by atoms with E-state index >= 15 is 0 Å². The highest BCUT2D eigenvalue weighted by Crippen LogP contribution is 2.18. The first-order chi connectivity index (χ1) is 15.3. The second-order valence-electron chi connectivity index (χ2n) is 9.17. The van der Waals surface area contributed by atoms with Crippen LogP contribution in [0, 0.1) is 11.8 Å². The van der Waals surface area contributed by atoms with Gasteiger partial charge in [-0.25, -0.2) is 0 Å². The largest absolute Gasteiger partial charge is 0.350 e. The van der Waals surface area contributed by atoms with E-state index in [1.807, 2.05) is 13.8 Å². The minimum absolute atomic E-state index is 0.0592. The number of carbonyl (C=O) groups is 2. The standard InChI is InChI=1S/C26H34ClN3O2/c1-18(2)24(29-25(31)22-6-4-5-7-23(22)27)26(32)28-16-20-8-10-21(11-9-20)17-30-14-12-19(3)13-15-30/h4-11,18-19,24H,12-17H2,1-3H3,(H,28,32)(H,29,31). The molecule has 0 aliphatic carbocycles. The number of nitrogens with zero attached hydrogens (tertiary/aromatic N) is 1. The minimum Gasteiger partial charge on any atom is -0.350 e. The van der Waals surface area contributed by atoms with Gasteiger partial charge in [-0.2, -0.15) is 0 Å². The lowest BCUT2D eigenvalue weighted by molar-refractivity contribution is -0.124. The van der Waals surface area contributed by atoms with Crippen molar-refractivity contribution in [3.8, 4) is 0 Å². The highest BCUT2D eigenvalue weighted by atomic mass is 35.5. The van der Waals surface area contributed by atoms with Gasteiger partial charge < -0.3 is 10.6 Å². The number of carbonyl (C=O) groups excluding carboxylic acids is 2.